The van der Waals surface area contributed by atoms with Gasteiger partial charge >= 0.3 is 5.97 Å². The van der Waals surface area contributed by atoms with Crippen LogP contribution in [0.1, 0.15) is 6.42 Å². The molecule has 100 valence electrons. The predicted octanol–water partition coefficient (Wildman–Crippen LogP) is 2.79. The van der Waals surface area contributed by atoms with Crippen LogP contribution in [0.3, 0.4) is 0 Å². The number of nitrogens with zero attached hydrogens (tertiary/aromatic N) is 1. The van der Waals surface area contributed by atoms with Crippen molar-refractivity contribution in [1.82, 2.24) is 0 Å². The SMILES string of the molecule is C#CCC(Nc1cc(Cl)c(Cl)cc1[N+](=O)[O-])C(=O)O. The van der Waals surface area contributed by atoms with Gasteiger partial charge in [-0.1, -0.05) is 23.2 Å². The maximum absolute atomic E-state index is 10.9. The van der Waals surface area contributed by atoms with Crippen molar-refractivity contribution >= 4 is 40.5 Å². The van der Waals surface area contributed by atoms with Crippen LogP contribution in [0.2, 0.25) is 10.0 Å². The summed E-state index contributed by atoms with van der Waals surface area (Å²) in [4.78, 5) is 21.1. The van der Waals surface area contributed by atoms with Gasteiger partial charge in [0.25, 0.3) is 5.69 Å². The number of terminal acetylenes is 1. The summed E-state index contributed by atoms with van der Waals surface area (Å²) in [5, 5.41) is 22.3. The van der Waals surface area contributed by atoms with Crippen molar-refractivity contribution in [2.45, 2.75) is 12.5 Å². The molecule has 0 radical (unpaired) electrons. The highest BCUT2D eigenvalue weighted by molar-refractivity contribution is 6.42. The second kappa shape index (κ2) is 6.27. The number of anilines is 1. The second-order valence-corrected chi connectivity index (χ2v) is 4.30. The first-order chi connectivity index (χ1) is 8.86. The van der Waals surface area contributed by atoms with Crippen molar-refractivity contribution in [1.29, 1.82) is 0 Å². The van der Waals surface area contributed by atoms with Crippen LogP contribution in [0.5, 0.6) is 0 Å². The molecule has 0 aromatic heterocycles. The first kappa shape index (κ1) is 15.1. The number of hydrogen-bond donors (Lipinski definition) is 2. The zero-order chi connectivity index (χ0) is 14.6. The van der Waals surface area contributed by atoms with Crippen molar-refractivity contribution in [3.05, 3.63) is 32.3 Å². The summed E-state index contributed by atoms with van der Waals surface area (Å²) < 4.78 is 0. The third-order valence-corrected chi connectivity index (χ3v) is 2.91. The molecule has 0 heterocycles. The summed E-state index contributed by atoms with van der Waals surface area (Å²) in [6, 6.07) is 1.08. The molecule has 0 bridgehead atoms. The minimum Gasteiger partial charge on any atom is -0.480 e. The van der Waals surface area contributed by atoms with E-state index in [0.717, 1.165) is 6.07 Å². The van der Waals surface area contributed by atoms with E-state index in [9.17, 15) is 14.9 Å². The fraction of sp³-hybridized carbons (Fsp3) is 0.182. The van der Waals surface area contributed by atoms with Gasteiger partial charge in [0.1, 0.15) is 11.7 Å². The van der Waals surface area contributed by atoms with Crippen LogP contribution in [-0.4, -0.2) is 22.0 Å². The second-order valence-electron chi connectivity index (χ2n) is 3.48. The normalized spacial score (nSPS) is 11.4. The molecule has 1 rings (SSSR count). The first-order valence-electron chi connectivity index (χ1n) is 4.93. The monoisotopic (exact) mass is 302 g/mol. The summed E-state index contributed by atoms with van der Waals surface area (Å²) in [5.41, 5.74) is -0.431. The van der Waals surface area contributed by atoms with Crippen LogP contribution >= 0.6 is 23.2 Å². The van der Waals surface area contributed by atoms with Gasteiger partial charge in [0, 0.05) is 12.5 Å². The highest BCUT2D eigenvalue weighted by Gasteiger charge is 2.22. The first-order valence-corrected chi connectivity index (χ1v) is 5.68. The lowest BCUT2D eigenvalue weighted by atomic mass is 10.2. The number of nitro benzene ring substituents is 1. The number of nitrogens with one attached hydrogen (secondary N) is 1. The van der Waals surface area contributed by atoms with Gasteiger partial charge in [0.15, 0.2) is 0 Å². The fourth-order valence-electron chi connectivity index (χ4n) is 1.31. The van der Waals surface area contributed by atoms with Gasteiger partial charge in [-0.2, -0.15) is 0 Å². The molecule has 1 atom stereocenters. The van der Waals surface area contributed by atoms with Crippen LogP contribution in [0.15, 0.2) is 12.1 Å². The molecule has 0 aliphatic heterocycles. The van der Waals surface area contributed by atoms with Gasteiger partial charge in [0.2, 0.25) is 0 Å². The average Bonchev–Trinajstić information content (AvgIpc) is 2.32. The molecule has 2 N–H and O–H groups in total. The molecule has 1 aromatic rings. The third kappa shape index (κ3) is 3.74. The summed E-state index contributed by atoms with van der Waals surface area (Å²) in [5.74, 6) is 0.948. The van der Waals surface area contributed by atoms with Crippen molar-refractivity contribution in [2.75, 3.05) is 5.32 Å². The highest BCUT2D eigenvalue weighted by atomic mass is 35.5. The van der Waals surface area contributed by atoms with Crippen LogP contribution in [-0.2, 0) is 4.79 Å². The Bertz CT molecular complexity index is 569. The largest absolute Gasteiger partial charge is 0.480 e. The fourth-order valence-corrected chi connectivity index (χ4v) is 1.63. The Labute approximate surface area is 118 Å². The molecule has 8 heteroatoms. The quantitative estimate of drug-likeness (QED) is 0.495. The van der Waals surface area contributed by atoms with E-state index in [1.165, 1.54) is 6.07 Å². The molecule has 6 nitrogen and oxygen atoms in total. The number of carboxylic acids is 1. The smallest absolute Gasteiger partial charge is 0.327 e. The van der Waals surface area contributed by atoms with Gasteiger partial charge in [-0.15, -0.1) is 12.3 Å². The third-order valence-electron chi connectivity index (χ3n) is 2.19. The van der Waals surface area contributed by atoms with E-state index in [1.54, 1.807) is 0 Å². The Morgan fingerprint density at radius 2 is 2.11 bits per heavy atom. The number of hydrogen-bond acceptors (Lipinski definition) is 4. The van der Waals surface area contributed by atoms with Crippen molar-refractivity contribution in [3.8, 4) is 12.3 Å². The lowest BCUT2D eigenvalue weighted by molar-refractivity contribution is -0.384. The van der Waals surface area contributed by atoms with Crippen LogP contribution in [0, 0.1) is 22.5 Å². The molecule has 0 fully saturated rings. The zero-order valence-electron chi connectivity index (χ0n) is 9.39. The average molecular weight is 303 g/mol. The minimum atomic E-state index is -1.22. The molecular formula is C11H8Cl2N2O4. The van der Waals surface area contributed by atoms with E-state index in [2.05, 4.69) is 11.2 Å². The van der Waals surface area contributed by atoms with Crippen molar-refractivity contribution in [2.24, 2.45) is 0 Å². The Hall–Kier alpha value is -1.97. The molecule has 0 saturated heterocycles. The van der Waals surface area contributed by atoms with E-state index in [0.29, 0.717) is 0 Å². The Morgan fingerprint density at radius 3 is 2.58 bits per heavy atom. The number of benzene rings is 1. The zero-order valence-corrected chi connectivity index (χ0v) is 10.9. The Morgan fingerprint density at radius 1 is 1.53 bits per heavy atom. The molecule has 1 aromatic carbocycles. The Kier molecular flexibility index (Phi) is 4.98. The van der Waals surface area contributed by atoms with E-state index in [-0.39, 0.29) is 27.8 Å². The number of halogens is 2. The van der Waals surface area contributed by atoms with Crippen LogP contribution in [0.4, 0.5) is 11.4 Å². The molecule has 0 aliphatic carbocycles. The van der Waals surface area contributed by atoms with Crippen molar-refractivity contribution in [3.63, 3.8) is 0 Å². The topological polar surface area (TPSA) is 92.5 Å². The van der Waals surface area contributed by atoms with E-state index in [1.807, 2.05) is 0 Å². The van der Waals surface area contributed by atoms with Gasteiger partial charge in [-0.05, 0) is 6.07 Å². The van der Waals surface area contributed by atoms with Gasteiger partial charge in [-0.3, -0.25) is 10.1 Å². The molecule has 1 unspecified atom stereocenters. The van der Waals surface area contributed by atoms with Crippen LogP contribution in [0.25, 0.3) is 0 Å². The number of nitro groups is 1. The predicted molar refractivity (Wildman–Crippen MR) is 71.6 cm³/mol. The number of carbonyl (C=O) groups is 1. The summed E-state index contributed by atoms with van der Waals surface area (Å²) >= 11 is 11.4. The van der Waals surface area contributed by atoms with E-state index in [4.69, 9.17) is 34.7 Å². The van der Waals surface area contributed by atoms with Gasteiger partial charge in [-0.25, -0.2) is 4.79 Å². The molecule has 19 heavy (non-hydrogen) atoms. The van der Waals surface area contributed by atoms with Crippen molar-refractivity contribution < 1.29 is 14.8 Å². The van der Waals surface area contributed by atoms with E-state index >= 15 is 0 Å². The summed E-state index contributed by atoms with van der Waals surface area (Å²) in [7, 11) is 0. The molecular weight excluding hydrogens is 295 g/mol. The molecule has 0 saturated carbocycles. The maximum atomic E-state index is 10.9. The molecule has 0 aliphatic rings. The number of rotatable bonds is 5. The Balaban J connectivity index is 3.18. The summed E-state index contributed by atoms with van der Waals surface area (Å²) in [6.07, 6.45) is 4.91. The lowest BCUT2D eigenvalue weighted by Gasteiger charge is -2.13. The summed E-state index contributed by atoms with van der Waals surface area (Å²) in [6.45, 7) is 0. The molecule has 0 spiro atoms. The number of aliphatic carboxylic acids is 1. The van der Waals surface area contributed by atoms with Crippen LogP contribution < -0.4 is 5.32 Å². The highest BCUT2D eigenvalue weighted by Crippen LogP contribution is 2.34. The lowest BCUT2D eigenvalue weighted by Crippen LogP contribution is -2.29. The maximum Gasteiger partial charge on any atom is 0.327 e. The minimum absolute atomic E-state index is 0.00254. The number of carboxylic acid groups (broad SMARTS) is 1. The molecule has 0 amide bonds. The van der Waals surface area contributed by atoms with Gasteiger partial charge in [0.05, 0.1) is 15.0 Å². The standard InChI is InChI=1S/C11H8Cl2N2O4/c1-2-3-8(11(16)17)14-9-4-6(12)7(13)5-10(9)15(18)19/h1,4-5,8,14H,3H2,(H,16,17). The van der Waals surface area contributed by atoms with E-state index < -0.39 is 16.9 Å². The van der Waals surface area contributed by atoms with Gasteiger partial charge < -0.3 is 10.4 Å².